The monoisotopic (exact) mass is 619 g/mol. The quantitative estimate of drug-likeness (QED) is 0.214. The molecule has 1 heterocycles. The van der Waals surface area contributed by atoms with Crippen molar-refractivity contribution in [3.8, 4) is 0 Å². The highest BCUT2D eigenvalue weighted by Gasteiger charge is 2.30. The highest BCUT2D eigenvalue weighted by atomic mass is 35.5. The Balaban J connectivity index is 1.55. The number of nitrogens with zero attached hydrogens (tertiary/aromatic N) is 2. The Morgan fingerprint density at radius 2 is 1.42 bits per heavy atom. The van der Waals surface area contributed by atoms with Crippen molar-refractivity contribution >= 4 is 79.4 Å². The van der Waals surface area contributed by atoms with Crippen LogP contribution in [0.3, 0.4) is 0 Å². The highest BCUT2D eigenvalue weighted by molar-refractivity contribution is 7.91. The van der Waals surface area contributed by atoms with Gasteiger partial charge < -0.3 is 0 Å². The summed E-state index contributed by atoms with van der Waals surface area (Å²) in [6.45, 7) is 2.22. The minimum Gasteiger partial charge on any atom is -0.277 e. The second-order valence-corrected chi connectivity index (χ2v) is 13.2. The number of hydrogen-bond donors (Lipinski definition) is 1. The summed E-state index contributed by atoms with van der Waals surface area (Å²) in [5, 5.41) is 2.15. The molecule has 208 valence electrons. The van der Waals surface area contributed by atoms with Gasteiger partial charge in [-0.05, 0) is 36.8 Å². The largest absolute Gasteiger partial charge is 0.277 e. The standard InChI is InChI=1S/C27H33Cl4N3O3S/c1-2-3-4-5-6-7-8-9-10-11-14-38(36,37)20-12-13-24(21(29)17-20)32-25-18-26(35)34(33-25)27-22(30)15-19(28)16-23(27)31/h12-13,15-17H,2-11,14,18H2,1H3,(H,32,33). The molecule has 0 aromatic heterocycles. The molecule has 2 aromatic rings. The fourth-order valence-corrected chi connectivity index (χ4v) is 6.93. The number of benzene rings is 2. The summed E-state index contributed by atoms with van der Waals surface area (Å²) < 4.78 is 25.6. The number of halogens is 4. The van der Waals surface area contributed by atoms with E-state index in [0.717, 1.165) is 19.3 Å². The number of unbranched alkanes of at least 4 members (excludes halogenated alkanes) is 9. The van der Waals surface area contributed by atoms with Crippen LogP contribution >= 0.6 is 46.4 Å². The van der Waals surface area contributed by atoms with E-state index in [1.165, 1.54) is 73.9 Å². The van der Waals surface area contributed by atoms with Crippen molar-refractivity contribution in [3.05, 3.63) is 50.4 Å². The fourth-order valence-electron chi connectivity index (χ4n) is 4.26. The molecule has 0 aliphatic carbocycles. The molecule has 0 spiro atoms. The van der Waals surface area contributed by atoms with Crippen molar-refractivity contribution < 1.29 is 13.2 Å². The SMILES string of the molecule is CCCCCCCCCCCCS(=O)(=O)c1ccc(N=C2CC(=O)N(c3c(Cl)cc(Cl)cc3Cl)N2)c(Cl)c1. The summed E-state index contributed by atoms with van der Waals surface area (Å²) in [6, 6.07) is 7.42. The van der Waals surface area contributed by atoms with Gasteiger partial charge in [-0.3, -0.25) is 10.2 Å². The molecule has 1 aliphatic rings. The van der Waals surface area contributed by atoms with Crippen molar-refractivity contribution in [1.82, 2.24) is 5.43 Å². The van der Waals surface area contributed by atoms with Gasteiger partial charge in [0.25, 0.3) is 5.91 Å². The molecule has 0 bridgehead atoms. The summed E-state index contributed by atoms with van der Waals surface area (Å²) in [7, 11) is -3.45. The average molecular weight is 621 g/mol. The Kier molecular flexibility index (Phi) is 12.0. The first-order chi connectivity index (χ1) is 18.1. The van der Waals surface area contributed by atoms with Crippen LogP contribution in [0.15, 0.2) is 40.2 Å². The maximum atomic E-state index is 12.8. The predicted octanol–water partition coefficient (Wildman–Crippen LogP) is 8.97. The van der Waals surface area contributed by atoms with Crippen LogP contribution in [0, 0.1) is 0 Å². The van der Waals surface area contributed by atoms with Gasteiger partial charge >= 0.3 is 0 Å². The van der Waals surface area contributed by atoms with Crippen LogP contribution < -0.4 is 10.4 Å². The van der Waals surface area contributed by atoms with E-state index < -0.39 is 9.84 Å². The van der Waals surface area contributed by atoms with Crippen LogP contribution in [-0.4, -0.2) is 25.9 Å². The molecular weight excluding hydrogens is 588 g/mol. The first-order valence-electron chi connectivity index (χ1n) is 13.0. The first-order valence-corrected chi connectivity index (χ1v) is 16.1. The topological polar surface area (TPSA) is 78.8 Å². The van der Waals surface area contributed by atoms with E-state index in [1.807, 2.05) is 0 Å². The smallest absolute Gasteiger partial charge is 0.253 e. The number of carbonyl (C=O) groups excluding carboxylic acids is 1. The lowest BCUT2D eigenvalue weighted by molar-refractivity contribution is -0.116. The maximum Gasteiger partial charge on any atom is 0.253 e. The molecular formula is C27H33Cl4N3O3S. The second kappa shape index (κ2) is 14.8. The number of nitrogens with one attached hydrogen (secondary N) is 1. The number of aliphatic imine (C=N–C) groups is 1. The molecule has 0 radical (unpaired) electrons. The predicted molar refractivity (Wildman–Crippen MR) is 159 cm³/mol. The number of hydrazine groups is 1. The lowest BCUT2D eigenvalue weighted by Crippen LogP contribution is -2.36. The lowest BCUT2D eigenvalue weighted by Gasteiger charge is -2.19. The normalized spacial score (nSPS) is 14.9. The van der Waals surface area contributed by atoms with Crippen LogP contribution in [-0.2, 0) is 14.6 Å². The third-order valence-electron chi connectivity index (χ3n) is 6.31. The fraction of sp³-hybridized carbons (Fsp3) is 0.481. The van der Waals surface area contributed by atoms with Gasteiger partial charge in [0.15, 0.2) is 9.84 Å². The van der Waals surface area contributed by atoms with E-state index in [4.69, 9.17) is 46.4 Å². The molecule has 3 rings (SSSR count). The van der Waals surface area contributed by atoms with Gasteiger partial charge in [0.1, 0.15) is 11.5 Å². The number of anilines is 1. The van der Waals surface area contributed by atoms with Gasteiger partial charge in [0, 0.05) is 5.02 Å². The van der Waals surface area contributed by atoms with E-state index >= 15 is 0 Å². The number of hydrogen-bond acceptors (Lipinski definition) is 4. The number of carbonyl (C=O) groups is 1. The number of sulfone groups is 1. The molecule has 1 fully saturated rings. The first kappa shape index (κ1) is 31.0. The van der Waals surface area contributed by atoms with Gasteiger partial charge in [0.05, 0.1) is 37.8 Å². The van der Waals surface area contributed by atoms with E-state index in [-0.39, 0.29) is 43.7 Å². The van der Waals surface area contributed by atoms with Crippen LogP contribution in [0.1, 0.15) is 77.6 Å². The number of amides is 1. The lowest BCUT2D eigenvalue weighted by atomic mass is 10.1. The van der Waals surface area contributed by atoms with E-state index in [9.17, 15) is 13.2 Å². The Bertz CT molecular complexity index is 1250. The van der Waals surface area contributed by atoms with Crippen molar-refractivity contribution in [3.63, 3.8) is 0 Å². The molecule has 1 N–H and O–H groups in total. The summed E-state index contributed by atoms with van der Waals surface area (Å²) in [5.41, 5.74) is 3.50. The van der Waals surface area contributed by atoms with E-state index in [1.54, 1.807) is 0 Å². The minimum atomic E-state index is -3.45. The minimum absolute atomic E-state index is 0.0373. The summed E-state index contributed by atoms with van der Waals surface area (Å²) in [6.07, 6.45) is 11.3. The third-order valence-corrected chi connectivity index (χ3v) is 9.21. The zero-order valence-electron chi connectivity index (χ0n) is 21.4. The molecule has 0 unspecified atom stereocenters. The van der Waals surface area contributed by atoms with Crippen molar-refractivity contribution in [1.29, 1.82) is 0 Å². The highest BCUT2D eigenvalue weighted by Crippen LogP contribution is 2.37. The van der Waals surface area contributed by atoms with Gasteiger partial charge in [0.2, 0.25) is 0 Å². The van der Waals surface area contributed by atoms with Gasteiger partial charge in [-0.2, -0.15) is 0 Å². The van der Waals surface area contributed by atoms with Gasteiger partial charge in [-0.15, -0.1) is 0 Å². The molecule has 11 heteroatoms. The Morgan fingerprint density at radius 3 is 2.00 bits per heavy atom. The van der Waals surface area contributed by atoms with Crippen LogP contribution in [0.25, 0.3) is 0 Å². The molecule has 0 atom stereocenters. The van der Waals surface area contributed by atoms with Crippen molar-refractivity contribution in [2.75, 3.05) is 10.8 Å². The second-order valence-electron chi connectivity index (χ2n) is 9.41. The Hall–Kier alpha value is -1.51. The zero-order valence-corrected chi connectivity index (χ0v) is 25.3. The molecule has 1 aliphatic heterocycles. The van der Waals surface area contributed by atoms with Crippen LogP contribution in [0.4, 0.5) is 11.4 Å². The van der Waals surface area contributed by atoms with Gasteiger partial charge in [-0.25, -0.2) is 18.4 Å². The number of rotatable bonds is 14. The third kappa shape index (κ3) is 8.75. The van der Waals surface area contributed by atoms with Crippen LogP contribution in [0.5, 0.6) is 0 Å². The maximum absolute atomic E-state index is 12.8. The molecule has 1 saturated heterocycles. The summed E-state index contributed by atoms with van der Waals surface area (Å²) in [5.74, 6) is 0.0862. The Labute approximate surface area is 245 Å². The number of amidine groups is 1. The van der Waals surface area contributed by atoms with E-state index in [0.29, 0.717) is 23.0 Å². The zero-order chi connectivity index (χ0) is 27.7. The van der Waals surface area contributed by atoms with Crippen molar-refractivity contribution in [2.24, 2.45) is 4.99 Å². The molecule has 1 amide bonds. The van der Waals surface area contributed by atoms with Crippen molar-refractivity contribution in [2.45, 2.75) is 82.4 Å². The summed E-state index contributed by atoms with van der Waals surface area (Å²) >= 11 is 24.8. The van der Waals surface area contributed by atoms with E-state index in [2.05, 4.69) is 17.3 Å². The van der Waals surface area contributed by atoms with Crippen LogP contribution in [0.2, 0.25) is 20.1 Å². The molecule has 6 nitrogen and oxygen atoms in total. The average Bonchev–Trinajstić information content (AvgIpc) is 3.20. The Morgan fingerprint density at radius 1 is 0.842 bits per heavy atom. The summed E-state index contributed by atoms with van der Waals surface area (Å²) in [4.78, 5) is 17.2. The molecule has 0 saturated carbocycles. The molecule has 38 heavy (non-hydrogen) atoms. The molecule has 2 aromatic carbocycles. The van der Waals surface area contributed by atoms with Gasteiger partial charge in [-0.1, -0.05) is 111 Å².